The van der Waals surface area contributed by atoms with Crippen LogP contribution in [0.2, 0.25) is 0 Å². The Morgan fingerprint density at radius 3 is 1.75 bits per heavy atom. The molecule has 10 aromatic rings. The van der Waals surface area contributed by atoms with Crippen LogP contribution in [0.1, 0.15) is 0 Å². The summed E-state index contributed by atoms with van der Waals surface area (Å²) >= 11 is 1.82. The summed E-state index contributed by atoms with van der Waals surface area (Å²) in [5, 5.41) is 12.6. The van der Waals surface area contributed by atoms with E-state index in [0.717, 1.165) is 38.5 Å². The molecule has 0 N–H and O–H groups in total. The lowest BCUT2D eigenvalue weighted by Crippen LogP contribution is -2.19. The van der Waals surface area contributed by atoms with Gasteiger partial charge in [-0.05, 0) is 115 Å². The number of benzene rings is 8. The number of thiophene rings is 1. The van der Waals surface area contributed by atoms with Gasteiger partial charge in [-0.25, -0.2) is 0 Å². The average molecular weight is 682 g/mol. The van der Waals surface area contributed by atoms with Crippen LogP contribution in [0.15, 0.2) is 182 Å². The molecule has 0 saturated carbocycles. The standard InChI is InChI=1S/C49H31NOS/c1-3-12-33(4-2)50-45-26-23-31(30-21-24-39-37-15-6-5-13-35(37)36-14-7-8-16-38(36)42(39)27-30)28-44(45)43-29-32(22-25-40(43)49(50)51)34-18-11-20-47-48(34)41-17-9-10-19-46(41)52-47/h3-29H,1-2H2/b33-12+. The fourth-order valence-corrected chi connectivity index (χ4v) is 9.32. The Morgan fingerprint density at radius 2 is 1.04 bits per heavy atom. The van der Waals surface area contributed by atoms with Crippen molar-refractivity contribution in [2.45, 2.75) is 0 Å². The van der Waals surface area contributed by atoms with E-state index in [1.165, 1.54) is 52.5 Å². The lowest BCUT2D eigenvalue weighted by Gasteiger charge is -2.17. The molecular formula is C49H31NOS. The zero-order chi connectivity index (χ0) is 34.9. The molecule has 0 aliphatic rings. The molecule has 0 aliphatic heterocycles. The largest absolute Gasteiger partial charge is 0.276 e. The van der Waals surface area contributed by atoms with Gasteiger partial charge in [0.25, 0.3) is 5.56 Å². The Hall–Kier alpha value is -6.55. The second-order valence-corrected chi connectivity index (χ2v) is 14.4. The van der Waals surface area contributed by atoms with E-state index >= 15 is 0 Å². The van der Waals surface area contributed by atoms with Crippen molar-refractivity contribution in [3.8, 4) is 22.3 Å². The van der Waals surface area contributed by atoms with Crippen LogP contribution in [0.4, 0.5) is 0 Å². The third kappa shape index (κ3) is 4.46. The van der Waals surface area contributed by atoms with Gasteiger partial charge in [-0.15, -0.1) is 11.3 Å². The Kier molecular flexibility index (Phi) is 6.85. The van der Waals surface area contributed by atoms with Gasteiger partial charge in [0.05, 0.1) is 5.52 Å². The molecule has 0 amide bonds. The van der Waals surface area contributed by atoms with Crippen LogP contribution in [0.3, 0.4) is 0 Å². The Bertz CT molecular complexity index is 3210. The molecule has 0 radical (unpaired) electrons. The Labute approximate surface area is 304 Å². The molecule has 0 bridgehead atoms. The molecule has 2 aromatic heterocycles. The molecule has 2 heterocycles. The molecule has 3 heteroatoms. The highest BCUT2D eigenvalue weighted by Gasteiger charge is 2.17. The second-order valence-electron chi connectivity index (χ2n) is 13.3. The van der Waals surface area contributed by atoms with Crippen molar-refractivity contribution in [3.63, 3.8) is 0 Å². The first-order valence-electron chi connectivity index (χ1n) is 17.5. The maximum atomic E-state index is 14.4. The van der Waals surface area contributed by atoms with Gasteiger partial charge >= 0.3 is 0 Å². The van der Waals surface area contributed by atoms with Crippen LogP contribution in [0.5, 0.6) is 0 Å². The van der Waals surface area contributed by atoms with Crippen molar-refractivity contribution in [1.82, 2.24) is 4.57 Å². The van der Waals surface area contributed by atoms with Crippen molar-refractivity contribution in [1.29, 1.82) is 0 Å². The number of allylic oxidation sites excluding steroid dienone is 4. The lowest BCUT2D eigenvalue weighted by atomic mass is 9.91. The van der Waals surface area contributed by atoms with Crippen molar-refractivity contribution in [2.75, 3.05) is 0 Å². The summed E-state index contributed by atoms with van der Waals surface area (Å²) in [6, 6.07) is 52.0. The van der Waals surface area contributed by atoms with Gasteiger partial charge in [-0.1, -0.05) is 122 Å². The summed E-state index contributed by atoms with van der Waals surface area (Å²) < 4.78 is 4.29. The third-order valence-corrected chi connectivity index (χ3v) is 11.7. The first kappa shape index (κ1) is 30.3. The Balaban J connectivity index is 1.27. The van der Waals surface area contributed by atoms with Crippen molar-refractivity contribution in [3.05, 3.63) is 187 Å². The monoisotopic (exact) mass is 681 g/mol. The third-order valence-electron chi connectivity index (χ3n) is 10.5. The lowest BCUT2D eigenvalue weighted by molar-refractivity contribution is 1.10. The number of fused-ring (bicyclic) bond motifs is 12. The molecule has 52 heavy (non-hydrogen) atoms. The van der Waals surface area contributed by atoms with Crippen molar-refractivity contribution >= 4 is 91.2 Å². The maximum absolute atomic E-state index is 14.4. The molecule has 0 saturated heterocycles. The van der Waals surface area contributed by atoms with E-state index in [1.807, 2.05) is 23.5 Å². The molecule has 0 fully saturated rings. The van der Waals surface area contributed by atoms with E-state index in [0.29, 0.717) is 11.1 Å². The van der Waals surface area contributed by atoms with Crippen LogP contribution in [-0.2, 0) is 0 Å². The van der Waals surface area contributed by atoms with E-state index in [-0.39, 0.29) is 5.56 Å². The minimum atomic E-state index is -0.0851. The molecule has 10 rings (SSSR count). The number of rotatable bonds is 5. The van der Waals surface area contributed by atoms with Crippen LogP contribution in [0.25, 0.3) is 102 Å². The number of pyridine rings is 1. The number of hydrogen-bond acceptors (Lipinski definition) is 2. The fourth-order valence-electron chi connectivity index (χ4n) is 8.19. The molecular weight excluding hydrogens is 651 g/mol. The van der Waals surface area contributed by atoms with E-state index < -0.39 is 0 Å². The number of hydrogen-bond donors (Lipinski definition) is 0. The summed E-state index contributed by atoms with van der Waals surface area (Å²) in [4.78, 5) is 14.4. The van der Waals surface area contributed by atoms with Crippen LogP contribution >= 0.6 is 11.3 Å². The Morgan fingerprint density at radius 1 is 0.500 bits per heavy atom. The molecule has 0 aliphatic carbocycles. The predicted octanol–water partition coefficient (Wildman–Crippen LogP) is 13.5. The summed E-state index contributed by atoms with van der Waals surface area (Å²) in [5.74, 6) is 0. The molecule has 0 spiro atoms. The van der Waals surface area contributed by atoms with E-state index in [9.17, 15) is 4.79 Å². The minimum absolute atomic E-state index is 0.0851. The highest BCUT2D eigenvalue weighted by Crippen LogP contribution is 2.42. The fraction of sp³-hybridized carbons (Fsp3) is 0. The zero-order valence-electron chi connectivity index (χ0n) is 28.3. The first-order valence-corrected chi connectivity index (χ1v) is 18.3. The molecule has 0 unspecified atom stereocenters. The van der Waals surface area contributed by atoms with E-state index in [2.05, 4.69) is 153 Å². The minimum Gasteiger partial charge on any atom is -0.276 e. The van der Waals surface area contributed by atoms with E-state index in [4.69, 9.17) is 0 Å². The highest BCUT2D eigenvalue weighted by atomic mass is 32.1. The SMILES string of the molecule is C=C/C=C(\C=C)n1c(=O)c2ccc(-c3cccc4sc5ccccc5c34)cc2c2cc(-c3ccc4c5ccccc5c5ccccc5c4c3)ccc21. The number of aromatic nitrogens is 1. The summed E-state index contributed by atoms with van der Waals surface area (Å²) in [5.41, 5.74) is 5.87. The van der Waals surface area contributed by atoms with Crippen molar-refractivity contribution < 1.29 is 0 Å². The van der Waals surface area contributed by atoms with Crippen LogP contribution in [-0.4, -0.2) is 4.57 Å². The van der Waals surface area contributed by atoms with Gasteiger partial charge in [0, 0.05) is 36.6 Å². The summed E-state index contributed by atoms with van der Waals surface area (Å²) in [6.07, 6.45) is 5.26. The van der Waals surface area contributed by atoms with Crippen LogP contribution in [0, 0.1) is 0 Å². The average Bonchev–Trinajstić information content (AvgIpc) is 3.59. The normalized spacial score (nSPS) is 12.2. The van der Waals surface area contributed by atoms with Gasteiger partial charge in [-0.3, -0.25) is 9.36 Å². The molecule has 8 aromatic carbocycles. The second kappa shape index (κ2) is 11.8. The number of nitrogens with zero attached hydrogens (tertiary/aromatic N) is 1. The summed E-state index contributed by atoms with van der Waals surface area (Å²) in [6.45, 7) is 7.97. The first-order chi connectivity index (χ1) is 25.6. The highest BCUT2D eigenvalue weighted by molar-refractivity contribution is 7.25. The van der Waals surface area contributed by atoms with Gasteiger partial charge in [0.2, 0.25) is 0 Å². The predicted molar refractivity (Wildman–Crippen MR) is 227 cm³/mol. The van der Waals surface area contributed by atoms with Gasteiger partial charge < -0.3 is 0 Å². The topological polar surface area (TPSA) is 22.0 Å². The van der Waals surface area contributed by atoms with E-state index in [1.54, 1.807) is 16.7 Å². The van der Waals surface area contributed by atoms with Gasteiger partial charge in [0.15, 0.2) is 0 Å². The molecule has 0 atom stereocenters. The van der Waals surface area contributed by atoms with Crippen molar-refractivity contribution in [2.24, 2.45) is 0 Å². The summed E-state index contributed by atoms with van der Waals surface area (Å²) in [7, 11) is 0. The molecule has 2 nitrogen and oxygen atoms in total. The quantitative estimate of drug-likeness (QED) is 0.131. The van der Waals surface area contributed by atoms with Crippen LogP contribution < -0.4 is 5.56 Å². The van der Waals surface area contributed by atoms with Gasteiger partial charge in [-0.2, -0.15) is 0 Å². The maximum Gasteiger partial charge on any atom is 0.263 e. The molecule has 244 valence electrons. The smallest absolute Gasteiger partial charge is 0.263 e. The van der Waals surface area contributed by atoms with Gasteiger partial charge in [0.1, 0.15) is 0 Å². The zero-order valence-corrected chi connectivity index (χ0v) is 29.1.